The van der Waals surface area contributed by atoms with Gasteiger partial charge in [0, 0.05) is 6.54 Å². The summed E-state index contributed by atoms with van der Waals surface area (Å²) in [6.07, 6.45) is 0. The minimum absolute atomic E-state index is 0.0286. The minimum Gasteiger partial charge on any atom is -0.465 e. The molecule has 0 aliphatic carbocycles. The van der Waals surface area contributed by atoms with Crippen molar-refractivity contribution in [3.8, 4) is 6.01 Å². The molecule has 0 unspecified atom stereocenters. The number of nitrogens with zero attached hydrogens (tertiary/aromatic N) is 2. The molecular formula is C12H15BrN2O2S. The lowest BCUT2D eigenvalue weighted by atomic mass is 10.2. The maximum absolute atomic E-state index is 12.4. The molecule has 0 saturated heterocycles. The normalized spacial score (nSPS) is 11.4. The van der Waals surface area contributed by atoms with Gasteiger partial charge in [-0.25, -0.2) is 0 Å². The van der Waals surface area contributed by atoms with E-state index in [-0.39, 0.29) is 5.56 Å². The lowest BCUT2D eigenvalue weighted by Gasteiger charge is -2.13. The summed E-state index contributed by atoms with van der Waals surface area (Å²) in [5.41, 5.74) is -0.0286. The molecule has 4 nitrogen and oxygen atoms in total. The Morgan fingerprint density at radius 3 is 2.89 bits per heavy atom. The van der Waals surface area contributed by atoms with Crippen LogP contribution in [0, 0.1) is 5.92 Å². The Labute approximate surface area is 118 Å². The number of halogens is 1. The SMILES string of the molecule is CCOc1nc2sc(Br)cc2c(=O)n1CC(C)C. The molecular weight excluding hydrogens is 316 g/mol. The molecule has 0 aliphatic heterocycles. The number of hydrogen-bond donors (Lipinski definition) is 0. The number of aromatic nitrogens is 2. The van der Waals surface area contributed by atoms with Gasteiger partial charge < -0.3 is 4.74 Å². The highest BCUT2D eigenvalue weighted by Gasteiger charge is 2.15. The Morgan fingerprint density at radius 2 is 2.28 bits per heavy atom. The Hall–Kier alpha value is -0.880. The summed E-state index contributed by atoms with van der Waals surface area (Å²) >= 11 is 4.83. The van der Waals surface area contributed by atoms with Gasteiger partial charge in [-0.1, -0.05) is 13.8 Å². The van der Waals surface area contributed by atoms with E-state index in [1.165, 1.54) is 11.3 Å². The first-order valence-corrected chi connectivity index (χ1v) is 7.46. The Morgan fingerprint density at radius 1 is 1.56 bits per heavy atom. The second kappa shape index (κ2) is 5.40. The van der Waals surface area contributed by atoms with Crippen LogP contribution >= 0.6 is 27.3 Å². The summed E-state index contributed by atoms with van der Waals surface area (Å²) in [5, 5.41) is 0.649. The molecule has 2 heterocycles. The van der Waals surface area contributed by atoms with Crippen molar-refractivity contribution in [2.24, 2.45) is 5.92 Å². The Kier molecular flexibility index (Phi) is 4.07. The zero-order chi connectivity index (χ0) is 13.3. The molecule has 0 aromatic carbocycles. The molecule has 0 radical (unpaired) electrons. The van der Waals surface area contributed by atoms with Crippen molar-refractivity contribution in [3.05, 3.63) is 20.2 Å². The van der Waals surface area contributed by atoms with E-state index in [9.17, 15) is 4.79 Å². The lowest BCUT2D eigenvalue weighted by Crippen LogP contribution is -2.25. The van der Waals surface area contributed by atoms with Gasteiger partial charge in [0.05, 0.1) is 15.8 Å². The number of ether oxygens (including phenoxy) is 1. The van der Waals surface area contributed by atoms with Crippen LogP contribution in [0.2, 0.25) is 0 Å². The van der Waals surface area contributed by atoms with Crippen LogP contribution in [0.4, 0.5) is 0 Å². The first-order chi connectivity index (χ1) is 8.52. The van der Waals surface area contributed by atoms with Crippen molar-refractivity contribution in [1.82, 2.24) is 9.55 Å². The second-order valence-electron chi connectivity index (χ2n) is 4.41. The summed E-state index contributed by atoms with van der Waals surface area (Å²) in [5.74, 6) is 0.364. The summed E-state index contributed by atoms with van der Waals surface area (Å²) < 4.78 is 8.01. The van der Waals surface area contributed by atoms with E-state index < -0.39 is 0 Å². The van der Waals surface area contributed by atoms with Crippen LogP contribution in [-0.2, 0) is 6.54 Å². The average molecular weight is 331 g/mol. The number of hydrogen-bond acceptors (Lipinski definition) is 4. The average Bonchev–Trinajstić information content (AvgIpc) is 2.65. The molecule has 0 spiro atoms. The van der Waals surface area contributed by atoms with Crippen LogP contribution in [-0.4, -0.2) is 16.2 Å². The van der Waals surface area contributed by atoms with Crippen LogP contribution in [0.1, 0.15) is 20.8 Å². The van der Waals surface area contributed by atoms with Gasteiger partial charge in [0.1, 0.15) is 4.83 Å². The number of rotatable bonds is 4. The smallest absolute Gasteiger partial charge is 0.300 e. The predicted molar refractivity (Wildman–Crippen MR) is 77.6 cm³/mol. The van der Waals surface area contributed by atoms with E-state index in [2.05, 4.69) is 34.8 Å². The molecule has 0 saturated carbocycles. The monoisotopic (exact) mass is 330 g/mol. The van der Waals surface area contributed by atoms with E-state index in [1.54, 1.807) is 4.57 Å². The van der Waals surface area contributed by atoms with E-state index in [1.807, 2.05) is 13.0 Å². The fourth-order valence-electron chi connectivity index (χ4n) is 1.73. The van der Waals surface area contributed by atoms with Crippen molar-refractivity contribution in [3.63, 3.8) is 0 Å². The first-order valence-electron chi connectivity index (χ1n) is 5.85. The van der Waals surface area contributed by atoms with E-state index >= 15 is 0 Å². The molecule has 0 aliphatic rings. The van der Waals surface area contributed by atoms with E-state index in [0.29, 0.717) is 30.5 Å². The van der Waals surface area contributed by atoms with Crippen molar-refractivity contribution >= 4 is 37.5 Å². The zero-order valence-corrected chi connectivity index (χ0v) is 13.0. The van der Waals surface area contributed by atoms with Gasteiger partial charge in [-0.2, -0.15) is 4.98 Å². The summed E-state index contributed by atoms with van der Waals surface area (Å²) in [6.45, 7) is 7.14. The van der Waals surface area contributed by atoms with E-state index in [4.69, 9.17) is 4.74 Å². The van der Waals surface area contributed by atoms with Crippen LogP contribution in [0.25, 0.3) is 10.2 Å². The summed E-state index contributed by atoms with van der Waals surface area (Å²) in [7, 11) is 0. The minimum atomic E-state index is -0.0286. The van der Waals surface area contributed by atoms with Crippen LogP contribution in [0.3, 0.4) is 0 Å². The van der Waals surface area contributed by atoms with Crippen LogP contribution < -0.4 is 10.3 Å². The highest BCUT2D eigenvalue weighted by Crippen LogP contribution is 2.27. The standard InChI is InChI=1S/C12H15BrN2O2S/c1-4-17-12-14-10-8(5-9(13)18-10)11(16)15(12)6-7(2)3/h5,7H,4,6H2,1-3H3. The molecule has 0 fully saturated rings. The Balaban J connectivity index is 2.66. The fraction of sp³-hybridized carbons (Fsp3) is 0.500. The number of fused-ring (bicyclic) bond motifs is 1. The van der Waals surface area contributed by atoms with Gasteiger partial charge in [-0.05, 0) is 34.8 Å². The molecule has 0 N–H and O–H groups in total. The maximum atomic E-state index is 12.4. The predicted octanol–water partition coefficient (Wildman–Crippen LogP) is 3.28. The maximum Gasteiger partial charge on any atom is 0.300 e. The highest BCUT2D eigenvalue weighted by atomic mass is 79.9. The topological polar surface area (TPSA) is 44.1 Å². The first kappa shape index (κ1) is 13.5. The Bertz CT molecular complexity index is 618. The van der Waals surface area contributed by atoms with Crippen molar-refractivity contribution in [2.45, 2.75) is 27.3 Å². The second-order valence-corrected chi connectivity index (χ2v) is 6.82. The quantitative estimate of drug-likeness (QED) is 0.864. The third-order valence-corrected chi connectivity index (χ3v) is 3.94. The molecule has 2 rings (SSSR count). The third-order valence-electron chi connectivity index (χ3n) is 2.41. The summed E-state index contributed by atoms with van der Waals surface area (Å²) in [6, 6.07) is 2.24. The summed E-state index contributed by atoms with van der Waals surface area (Å²) in [4.78, 5) is 17.5. The van der Waals surface area contributed by atoms with E-state index in [0.717, 1.165) is 8.62 Å². The molecule has 0 bridgehead atoms. The molecule has 6 heteroatoms. The molecule has 0 atom stereocenters. The molecule has 18 heavy (non-hydrogen) atoms. The highest BCUT2D eigenvalue weighted by molar-refractivity contribution is 9.11. The molecule has 98 valence electrons. The largest absolute Gasteiger partial charge is 0.465 e. The van der Waals surface area contributed by atoms with Crippen LogP contribution in [0.15, 0.2) is 14.6 Å². The van der Waals surface area contributed by atoms with Crippen molar-refractivity contribution in [1.29, 1.82) is 0 Å². The van der Waals surface area contributed by atoms with Gasteiger partial charge in [-0.3, -0.25) is 9.36 Å². The fourth-order valence-corrected chi connectivity index (χ4v) is 3.16. The van der Waals surface area contributed by atoms with Gasteiger partial charge in [0.15, 0.2) is 0 Å². The molecule has 0 amide bonds. The van der Waals surface area contributed by atoms with Crippen molar-refractivity contribution < 1.29 is 4.74 Å². The molecule has 2 aromatic heterocycles. The van der Waals surface area contributed by atoms with Gasteiger partial charge >= 0.3 is 6.01 Å². The third kappa shape index (κ3) is 2.59. The lowest BCUT2D eigenvalue weighted by molar-refractivity contribution is 0.283. The van der Waals surface area contributed by atoms with Gasteiger partial charge in [0.25, 0.3) is 5.56 Å². The van der Waals surface area contributed by atoms with Crippen molar-refractivity contribution in [2.75, 3.05) is 6.61 Å². The molecule has 2 aromatic rings. The number of thiophene rings is 1. The van der Waals surface area contributed by atoms with Gasteiger partial charge in [-0.15, -0.1) is 11.3 Å². The zero-order valence-electron chi connectivity index (χ0n) is 10.6. The van der Waals surface area contributed by atoms with Crippen LogP contribution in [0.5, 0.6) is 6.01 Å². The van der Waals surface area contributed by atoms with Gasteiger partial charge in [0.2, 0.25) is 0 Å².